The Labute approximate surface area is 120 Å². The molecule has 0 aliphatic heterocycles. The Morgan fingerprint density at radius 1 is 1.19 bits per heavy atom. The Hall–Kier alpha value is -2.47. The van der Waals surface area contributed by atoms with Gasteiger partial charge in [-0.25, -0.2) is 8.78 Å². The van der Waals surface area contributed by atoms with E-state index in [1.165, 1.54) is 36.4 Å². The quantitative estimate of drug-likeness (QED) is 0.890. The number of hydrogen-bond acceptors (Lipinski definition) is 3. The zero-order valence-electron chi connectivity index (χ0n) is 11.3. The van der Waals surface area contributed by atoms with Crippen LogP contribution in [-0.4, -0.2) is 13.0 Å². The predicted octanol–water partition coefficient (Wildman–Crippen LogP) is 2.58. The normalized spacial score (nSPS) is 10.4. The number of amides is 1. The lowest BCUT2D eigenvalue weighted by Gasteiger charge is -2.10. The van der Waals surface area contributed by atoms with E-state index in [0.717, 1.165) is 0 Å². The van der Waals surface area contributed by atoms with Gasteiger partial charge >= 0.3 is 0 Å². The Balaban J connectivity index is 2.24. The molecule has 2 aromatic carbocycles. The highest BCUT2D eigenvalue weighted by atomic mass is 19.1. The number of benzene rings is 2. The Kier molecular flexibility index (Phi) is 4.49. The third kappa shape index (κ3) is 3.55. The lowest BCUT2D eigenvalue weighted by molar-refractivity contribution is 0.100. The van der Waals surface area contributed by atoms with Gasteiger partial charge in [0.2, 0.25) is 5.91 Å². The highest BCUT2D eigenvalue weighted by Crippen LogP contribution is 2.28. The maximum atomic E-state index is 13.9. The SMILES string of the molecule is CNCc1cc(F)c(Oc2ccc(C(N)=O)cc2)c(F)c1. The van der Waals surface area contributed by atoms with Gasteiger partial charge in [0.15, 0.2) is 17.4 Å². The molecule has 4 nitrogen and oxygen atoms in total. The van der Waals surface area contributed by atoms with Crippen LogP contribution >= 0.6 is 0 Å². The molecule has 0 saturated carbocycles. The molecule has 0 saturated heterocycles. The minimum absolute atomic E-state index is 0.208. The van der Waals surface area contributed by atoms with Crippen LogP contribution in [0.4, 0.5) is 8.78 Å². The number of nitrogens with two attached hydrogens (primary N) is 1. The van der Waals surface area contributed by atoms with Gasteiger partial charge in [-0.1, -0.05) is 0 Å². The number of ether oxygens (including phenoxy) is 1. The van der Waals surface area contributed by atoms with Gasteiger partial charge in [-0.15, -0.1) is 0 Å². The molecule has 2 aromatic rings. The van der Waals surface area contributed by atoms with Crippen molar-refractivity contribution in [2.24, 2.45) is 5.73 Å². The topological polar surface area (TPSA) is 64.3 Å². The molecule has 0 radical (unpaired) electrons. The molecule has 3 N–H and O–H groups in total. The van der Waals surface area contributed by atoms with E-state index in [1.807, 2.05) is 0 Å². The van der Waals surface area contributed by atoms with Crippen molar-refractivity contribution in [3.05, 3.63) is 59.2 Å². The van der Waals surface area contributed by atoms with E-state index in [-0.39, 0.29) is 11.3 Å². The van der Waals surface area contributed by atoms with Crippen molar-refractivity contribution >= 4 is 5.91 Å². The Morgan fingerprint density at radius 2 is 1.76 bits per heavy atom. The largest absolute Gasteiger partial charge is 0.451 e. The summed E-state index contributed by atoms with van der Waals surface area (Å²) >= 11 is 0. The summed E-state index contributed by atoms with van der Waals surface area (Å²) in [5.41, 5.74) is 5.86. The lowest BCUT2D eigenvalue weighted by atomic mass is 10.2. The molecule has 0 aliphatic carbocycles. The molecule has 0 aliphatic rings. The van der Waals surface area contributed by atoms with E-state index < -0.39 is 23.3 Å². The molecule has 0 heterocycles. The molecule has 1 amide bonds. The summed E-state index contributed by atoms with van der Waals surface area (Å²) in [6.45, 7) is 0.349. The van der Waals surface area contributed by atoms with Gasteiger partial charge in [-0.05, 0) is 49.0 Å². The first-order valence-electron chi connectivity index (χ1n) is 6.21. The summed E-state index contributed by atoms with van der Waals surface area (Å²) in [6, 6.07) is 8.08. The van der Waals surface area contributed by atoms with Crippen LogP contribution in [0.1, 0.15) is 15.9 Å². The standard InChI is InChI=1S/C15H14F2N2O2/c1-19-8-9-6-12(16)14(13(17)7-9)21-11-4-2-10(3-5-11)15(18)20/h2-7,19H,8H2,1H3,(H2,18,20). The molecule has 0 aromatic heterocycles. The summed E-state index contributed by atoms with van der Waals surface area (Å²) in [5, 5.41) is 2.81. The first kappa shape index (κ1) is 14.9. The zero-order chi connectivity index (χ0) is 15.4. The summed E-state index contributed by atoms with van der Waals surface area (Å²) in [5.74, 6) is -2.45. The molecule has 0 spiro atoms. The summed E-state index contributed by atoms with van der Waals surface area (Å²) in [4.78, 5) is 10.9. The number of carbonyl (C=O) groups is 1. The second-order valence-corrected chi connectivity index (χ2v) is 4.41. The van der Waals surface area contributed by atoms with Gasteiger partial charge in [-0.3, -0.25) is 4.79 Å². The van der Waals surface area contributed by atoms with Crippen molar-refractivity contribution in [3.63, 3.8) is 0 Å². The minimum Gasteiger partial charge on any atom is -0.451 e. The molecule has 6 heteroatoms. The molecular formula is C15H14F2N2O2. The van der Waals surface area contributed by atoms with E-state index in [2.05, 4.69) is 5.32 Å². The van der Waals surface area contributed by atoms with Crippen LogP contribution in [0.25, 0.3) is 0 Å². The van der Waals surface area contributed by atoms with Crippen molar-refractivity contribution in [3.8, 4) is 11.5 Å². The Bertz CT molecular complexity index is 634. The first-order chi connectivity index (χ1) is 10.0. The van der Waals surface area contributed by atoms with Crippen LogP contribution in [0, 0.1) is 11.6 Å². The van der Waals surface area contributed by atoms with Crippen molar-refractivity contribution in [1.29, 1.82) is 0 Å². The van der Waals surface area contributed by atoms with Crippen LogP contribution in [0.2, 0.25) is 0 Å². The smallest absolute Gasteiger partial charge is 0.248 e. The van der Waals surface area contributed by atoms with Crippen molar-refractivity contribution in [1.82, 2.24) is 5.32 Å². The molecule has 0 fully saturated rings. The maximum absolute atomic E-state index is 13.9. The average molecular weight is 292 g/mol. The molecule has 2 rings (SSSR count). The van der Waals surface area contributed by atoms with Crippen molar-refractivity contribution in [2.75, 3.05) is 7.05 Å². The number of primary amides is 1. The fourth-order valence-electron chi connectivity index (χ4n) is 1.82. The maximum Gasteiger partial charge on any atom is 0.248 e. The van der Waals surface area contributed by atoms with Gasteiger partial charge in [0.05, 0.1) is 0 Å². The summed E-state index contributed by atoms with van der Waals surface area (Å²) in [7, 11) is 1.68. The van der Waals surface area contributed by atoms with Crippen molar-refractivity contribution in [2.45, 2.75) is 6.54 Å². The summed E-state index contributed by atoms with van der Waals surface area (Å²) < 4.78 is 32.9. The van der Waals surface area contributed by atoms with Gasteiger partial charge < -0.3 is 15.8 Å². The molecule has 0 unspecified atom stereocenters. The third-order valence-electron chi connectivity index (χ3n) is 2.80. The number of rotatable bonds is 5. The van der Waals surface area contributed by atoms with Gasteiger partial charge in [-0.2, -0.15) is 0 Å². The van der Waals surface area contributed by atoms with E-state index in [1.54, 1.807) is 7.05 Å². The molecule has 21 heavy (non-hydrogen) atoms. The van der Waals surface area contributed by atoms with Gasteiger partial charge in [0.1, 0.15) is 5.75 Å². The second kappa shape index (κ2) is 6.32. The van der Waals surface area contributed by atoms with Crippen LogP contribution in [-0.2, 0) is 6.54 Å². The van der Waals surface area contributed by atoms with Crippen LogP contribution in [0.3, 0.4) is 0 Å². The molecular weight excluding hydrogens is 278 g/mol. The fourth-order valence-corrected chi connectivity index (χ4v) is 1.82. The molecule has 0 atom stereocenters. The third-order valence-corrected chi connectivity index (χ3v) is 2.80. The van der Waals surface area contributed by atoms with E-state index in [4.69, 9.17) is 10.5 Å². The molecule has 0 bridgehead atoms. The van der Waals surface area contributed by atoms with E-state index >= 15 is 0 Å². The number of hydrogen-bond donors (Lipinski definition) is 2. The molecule has 110 valence electrons. The first-order valence-corrected chi connectivity index (χ1v) is 6.21. The highest BCUT2D eigenvalue weighted by molar-refractivity contribution is 5.92. The number of carbonyl (C=O) groups excluding carboxylic acids is 1. The van der Waals surface area contributed by atoms with Crippen molar-refractivity contribution < 1.29 is 18.3 Å². The highest BCUT2D eigenvalue weighted by Gasteiger charge is 2.13. The Morgan fingerprint density at radius 3 is 2.24 bits per heavy atom. The van der Waals surface area contributed by atoms with Crippen LogP contribution in [0.15, 0.2) is 36.4 Å². The number of halogens is 2. The van der Waals surface area contributed by atoms with E-state index in [0.29, 0.717) is 12.1 Å². The number of nitrogens with one attached hydrogen (secondary N) is 1. The lowest BCUT2D eigenvalue weighted by Crippen LogP contribution is -2.10. The zero-order valence-corrected chi connectivity index (χ0v) is 11.3. The second-order valence-electron chi connectivity index (χ2n) is 4.41. The van der Waals surface area contributed by atoms with Gasteiger partial charge in [0.25, 0.3) is 0 Å². The van der Waals surface area contributed by atoms with Crippen LogP contribution in [0.5, 0.6) is 11.5 Å². The van der Waals surface area contributed by atoms with E-state index in [9.17, 15) is 13.6 Å². The fraction of sp³-hybridized carbons (Fsp3) is 0.133. The average Bonchev–Trinajstić information content (AvgIpc) is 2.44. The van der Waals surface area contributed by atoms with Crippen LogP contribution < -0.4 is 15.8 Å². The summed E-state index contributed by atoms with van der Waals surface area (Å²) in [6.07, 6.45) is 0. The predicted molar refractivity (Wildman–Crippen MR) is 74.2 cm³/mol. The minimum atomic E-state index is -0.792. The monoisotopic (exact) mass is 292 g/mol. The van der Waals surface area contributed by atoms with Gasteiger partial charge in [0, 0.05) is 12.1 Å².